The first-order valence-electron chi connectivity index (χ1n) is 5.08. The van der Waals surface area contributed by atoms with Gasteiger partial charge >= 0.3 is 0 Å². The highest BCUT2D eigenvalue weighted by Crippen LogP contribution is 2.24. The zero-order valence-electron chi connectivity index (χ0n) is 9.18. The molecule has 0 heterocycles. The molecule has 0 unspecified atom stereocenters. The average molecular weight is 217 g/mol. The summed E-state index contributed by atoms with van der Waals surface area (Å²) in [4.78, 5) is 8.36. The number of anilines is 1. The van der Waals surface area contributed by atoms with Gasteiger partial charge in [-0.2, -0.15) is 0 Å². The van der Waals surface area contributed by atoms with Crippen molar-refractivity contribution < 1.29 is 9.90 Å². The predicted molar refractivity (Wildman–Crippen MR) is 66.4 cm³/mol. The normalized spacial score (nSPS) is 9.31. The fraction of sp³-hybridized carbons (Fsp3) is 0.154. The maximum absolute atomic E-state index is 8.36. The van der Waals surface area contributed by atoms with Gasteiger partial charge in [-0.3, -0.25) is 4.79 Å². The van der Waals surface area contributed by atoms with E-state index in [1.54, 1.807) is 0 Å². The zero-order chi connectivity index (χ0) is 12.0. The number of hydrogen-bond donors (Lipinski definition) is 2. The van der Waals surface area contributed by atoms with Gasteiger partial charge in [-0.1, -0.05) is 43.3 Å². The van der Waals surface area contributed by atoms with Gasteiger partial charge < -0.3 is 10.8 Å². The molecule has 3 nitrogen and oxygen atoms in total. The predicted octanol–water partition coefficient (Wildman–Crippen LogP) is 2.69. The van der Waals surface area contributed by atoms with Crippen LogP contribution < -0.4 is 5.73 Å². The zero-order valence-corrected chi connectivity index (χ0v) is 9.18. The lowest BCUT2D eigenvalue weighted by Gasteiger charge is -2.06. The van der Waals surface area contributed by atoms with E-state index in [1.165, 1.54) is 16.3 Å². The number of nitrogens with two attached hydrogens (primary N) is 1. The number of fused-ring (bicyclic) bond motifs is 1. The molecule has 0 aliphatic carbocycles. The largest absolute Gasteiger partial charge is 0.483 e. The van der Waals surface area contributed by atoms with E-state index in [0.717, 1.165) is 12.1 Å². The monoisotopic (exact) mass is 217 g/mol. The Morgan fingerprint density at radius 1 is 1.25 bits per heavy atom. The van der Waals surface area contributed by atoms with Gasteiger partial charge in [0.25, 0.3) is 6.47 Å². The second kappa shape index (κ2) is 5.75. The van der Waals surface area contributed by atoms with Crippen LogP contribution in [0.15, 0.2) is 36.4 Å². The third-order valence-corrected chi connectivity index (χ3v) is 2.44. The van der Waals surface area contributed by atoms with Crippen LogP contribution in [0.4, 0.5) is 5.69 Å². The van der Waals surface area contributed by atoms with Crippen LogP contribution in [-0.2, 0) is 11.2 Å². The van der Waals surface area contributed by atoms with Crippen LogP contribution in [0.3, 0.4) is 0 Å². The Morgan fingerprint density at radius 2 is 1.88 bits per heavy atom. The summed E-state index contributed by atoms with van der Waals surface area (Å²) >= 11 is 0. The molecule has 3 heteroatoms. The van der Waals surface area contributed by atoms with Crippen LogP contribution in [0.25, 0.3) is 10.8 Å². The summed E-state index contributed by atoms with van der Waals surface area (Å²) in [7, 11) is 0. The molecule has 2 aromatic rings. The van der Waals surface area contributed by atoms with Gasteiger partial charge in [0.2, 0.25) is 0 Å². The number of hydrogen-bond acceptors (Lipinski definition) is 2. The molecule has 0 aliphatic rings. The summed E-state index contributed by atoms with van der Waals surface area (Å²) in [5.74, 6) is 0. The average Bonchev–Trinajstić information content (AvgIpc) is 2.31. The number of carbonyl (C=O) groups is 1. The van der Waals surface area contributed by atoms with Crippen molar-refractivity contribution in [3.63, 3.8) is 0 Å². The van der Waals surface area contributed by atoms with Crippen molar-refractivity contribution in [1.29, 1.82) is 0 Å². The number of carboxylic acid groups (broad SMARTS) is 1. The van der Waals surface area contributed by atoms with Crippen LogP contribution in [0.5, 0.6) is 0 Å². The third-order valence-electron chi connectivity index (χ3n) is 2.44. The highest BCUT2D eigenvalue weighted by atomic mass is 16.3. The molecule has 0 aromatic heterocycles. The Hall–Kier alpha value is -2.03. The maximum atomic E-state index is 8.36. The van der Waals surface area contributed by atoms with Gasteiger partial charge in [-0.15, -0.1) is 0 Å². The molecule has 0 bridgehead atoms. The van der Waals surface area contributed by atoms with Crippen molar-refractivity contribution in [2.75, 3.05) is 5.73 Å². The van der Waals surface area contributed by atoms with E-state index < -0.39 is 0 Å². The number of nitrogen functional groups attached to an aromatic ring is 1. The molecule has 2 rings (SSSR count). The highest BCUT2D eigenvalue weighted by Gasteiger charge is 2.00. The molecule has 0 atom stereocenters. The third kappa shape index (κ3) is 2.51. The Morgan fingerprint density at radius 3 is 2.50 bits per heavy atom. The molecule has 0 saturated carbocycles. The van der Waals surface area contributed by atoms with Crippen LogP contribution in [-0.4, -0.2) is 11.6 Å². The van der Waals surface area contributed by atoms with Crippen LogP contribution in [0, 0.1) is 0 Å². The lowest BCUT2D eigenvalue weighted by atomic mass is 10.0. The lowest BCUT2D eigenvalue weighted by Crippen LogP contribution is -1.93. The van der Waals surface area contributed by atoms with Crippen LogP contribution in [0.2, 0.25) is 0 Å². The molecule has 0 aliphatic heterocycles. The molecule has 3 N–H and O–H groups in total. The Labute approximate surface area is 94.5 Å². The van der Waals surface area contributed by atoms with E-state index in [0.29, 0.717) is 0 Å². The minimum absolute atomic E-state index is 0.250. The highest BCUT2D eigenvalue weighted by molar-refractivity contribution is 5.94. The first kappa shape index (κ1) is 12.0. The summed E-state index contributed by atoms with van der Waals surface area (Å²) in [6.45, 7) is 1.88. The van der Waals surface area contributed by atoms with Crippen molar-refractivity contribution in [1.82, 2.24) is 0 Å². The molecule has 0 amide bonds. The first-order valence-corrected chi connectivity index (χ1v) is 5.08. The van der Waals surface area contributed by atoms with Crippen LogP contribution >= 0.6 is 0 Å². The van der Waals surface area contributed by atoms with Gasteiger partial charge in [0.15, 0.2) is 0 Å². The fourth-order valence-electron chi connectivity index (χ4n) is 1.65. The minimum atomic E-state index is -0.250. The topological polar surface area (TPSA) is 63.3 Å². The van der Waals surface area contributed by atoms with E-state index in [2.05, 4.69) is 31.2 Å². The number of rotatable bonds is 1. The fourth-order valence-corrected chi connectivity index (χ4v) is 1.65. The van der Waals surface area contributed by atoms with Crippen molar-refractivity contribution in [3.05, 3.63) is 42.0 Å². The summed E-state index contributed by atoms with van der Waals surface area (Å²) in [6.07, 6.45) is 0.997. The molecule has 84 valence electrons. The Balaban J connectivity index is 0.000000386. The van der Waals surface area contributed by atoms with E-state index in [-0.39, 0.29) is 6.47 Å². The number of aryl methyl sites for hydroxylation is 1. The molecular formula is C13H15NO2. The van der Waals surface area contributed by atoms with E-state index in [1.807, 2.05) is 12.1 Å². The van der Waals surface area contributed by atoms with Crippen molar-refractivity contribution in [2.24, 2.45) is 0 Å². The Bertz CT molecular complexity index is 480. The maximum Gasteiger partial charge on any atom is 0.290 e. The van der Waals surface area contributed by atoms with Gasteiger partial charge in [-0.25, -0.2) is 0 Å². The lowest BCUT2D eigenvalue weighted by molar-refractivity contribution is -0.122. The van der Waals surface area contributed by atoms with Crippen molar-refractivity contribution >= 4 is 22.9 Å². The van der Waals surface area contributed by atoms with Gasteiger partial charge in [0.05, 0.1) is 0 Å². The smallest absolute Gasteiger partial charge is 0.290 e. The molecule has 0 fully saturated rings. The molecule has 2 aromatic carbocycles. The number of benzene rings is 2. The first-order chi connectivity index (χ1) is 7.74. The minimum Gasteiger partial charge on any atom is -0.483 e. The molecule has 0 radical (unpaired) electrons. The summed E-state index contributed by atoms with van der Waals surface area (Å²) in [6, 6.07) is 12.5. The van der Waals surface area contributed by atoms with Crippen molar-refractivity contribution in [2.45, 2.75) is 13.3 Å². The Kier molecular flexibility index (Phi) is 4.33. The van der Waals surface area contributed by atoms with Crippen LogP contribution in [0.1, 0.15) is 12.5 Å². The van der Waals surface area contributed by atoms with E-state index in [4.69, 9.17) is 15.6 Å². The van der Waals surface area contributed by atoms with Gasteiger partial charge in [0, 0.05) is 11.1 Å². The molecule has 0 saturated heterocycles. The second-order valence-corrected chi connectivity index (χ2v) is 3.32. The molecular weight excluding hydrogens is 202 g/mol. The summed E-state index contributed by atoms with van der Waals surface area (Å²) in [5.41, 5.74) is 8.20. The van der Waals surface area contributed by atoms with E-state index >= 15 is 0 Å². The SMILES string of the molecule is CCc1ccc2ccccc2c1N.O=CO. The quantitative estimate of drug-likeness (QED) is 0.570. The van der Waals surface area contributed by atoms with Crippen molar-refractivity contribution in [3.8, 4) is 0 Å². The van der Waals surface area contributed by atoms with Gasteiger partial charge in [-0.05, 0) is 17.4 Å². The summed E-state index contributed by atoms with van der Waals surface area (Å²) in [5, 5.41) is 9.28. The molecule has 16 heavy (non-hydrogen) atoms. The standard InChI is InChI=1S/C12H13N.CH2O2/c1-2-9-7-8-10-5-3-4-6-11(10)12(9)13;2-1-3/h3-8H,2,13H2,1H3;1H,(H,2,3). The second-order valence-electron chi connectivity index (χ2n) is 3.32. The molecule has 0 spiro atoms. The van der Waals surface area contributed by atoms with Gasteiger partial charge in [0.1, 0.15) is 0 Å². The summed E-state index contributed by atoms with van der Waals surface area (Å²) < 4.78 is 0. The van der Waals surface area contributed by atoms with E-state index in [9.17, 15) is 0 Å².